The van der Waals surface area contributed by atoms with E-state index in [-0.39, 0.29) is 23.5 Å². The van der Waals surface area contributed by atoms with Crippen LogP contribution in [-0.4, -0.2) is 34.1 Å². The standard InChI is InChI=1S/C19H24N2O4S/c1-14-4-6-16(7-5-14)12-20-19(22)17-8-10-18(11-9-17)26(23,24)21-15(2)13-25-3/h4-11,15,21H,12-13H2,1-3H3,(H,20,22)/t15-/m0/s1. The molecule has 1 atom stereocenters. The van der Waals surface area contributed by atoms with Gasteiger partial charge in [-0.2, -0.15) is 0 Å². The molecule has 1 amide bonds. The Bertz CT molecular complexity index is 831. The van der Waals surface area contributed by atoms with E-state index in [1.807, 2.05) is 31.2 Å². The summed E-state index contributed by atoms with van der Waals surface area (Å²) in [6.07, 6.45) is 0. The van der Waals surface area contributed by atoms with Crippen molar-refractivity contribution in [1.29, 1.82) is 0 Å². The maximum absolute atomic E-state index is 12.3. The SMILES string of the molecule is COC[C@H](C)NS(=O)(=O)c1ccc(C(=O)NCc2ccc(C)cc2)cc1. The first-order valence-electron chi connectivity index (χ1n) is 8.27. The van der Waals surface area contributed by atoms with Crippen molar-refractivity contribution in [3.8, 4) is 0 Å². The number of sulfonamides is 1. The van der Waals surface area contributed by atoms with Crippen molar-refractivity contribution >= 4 is 15.9 Å². The minimum absolute atomic E-state index is 0.107. The molecule has 0 bridgehead atoms. The summed E-state index contributed by atoms with van der Waals surface area (Å²) in [5.41, 5.74) is 2.56. The van der Waals surface area contributed by atoms with Gasteiger partial charge < -0.3 is 10.1 Å². The summed E-state index contributed by atoms with van der Waals surface area (Å²) < 4.78 is 32.0. The van der Waals surface area contributed by atoms with Gasteiger partial charge in [0.05, 0.1) is 11.5 Å². The van der Waals surface area contributed by atoms with Crippen molar-refractivity contribution in [3.63, 3.8) is 0 Å². The van der Waals surface area contributed by atoms with Gasteiger partial charge in [0, 0.05) is 25.3 Å². The van der Waals surface area contributed by atoms with Crippen LogP contribution in [0.15, 0.2) is 53.4 Å². The van der Waals surface area contributed by atoms with Gasteiger partial charge in [0.1, 0.15) is 0 Å². The normalized spacial score (nSPS) is 12.6. The zero-order valence-corrected chi connectivity index (χ0v) is 16.0. The number of nitrogens with one attached hydrogen (secondary N) is 2. The number of amides is 1. The summed E-state index contributed by atoms with van der Waals surface area (Å²) >= 11 is 0. The quantitative estimate of drug-likeness (QED) is 0.740. The zero-order valence-electron chi connectivity index (χ0n) is 15.2. The predicted octanol–water partition coefficient (Wildman–Crippen LogP) is 2.24. The Hall–Kier alpha value is -2.22. The van der Waals surface area contributed by atoms with Crippen molar-refractivity contribution in [2.24, 2.45) is 0 Å². The Labute approximate surface area is 154 Å². The van der Waals surface area contributed by atoms with Gasteiger partial charge >= 0.3 is 0 Å². The number of carbonyl (C=O) groups excluding carboxylic acids is 1. The van der Waals surface area contributed by atoms with Gasteiger partial charge in [-0.25, -0.2) is 13.1 Å². The molecule has 0 heterocycles. The summed E-state index contributed by atoms with van der Waals surface area (Å²) in [5, 5.41) is 2.82. The summed E-state index contributed by atoms with van der Waals surface area (Å²) in [6.45, 7) is 4.41. The molecule has 140 valence electrons. The van der Waals surface area contributed by atoms with Crippen molar-refractivity contribution in [2.45, 2.75) is 31.3 Å². The highest BCUT2D eigenvalue weighted by Gasteiger charge is 2.17. The number of hydrogen-bond acceptors (Lipinski definition) is 4. The molecule has 6 nitrogen and oxygen atoms in total. The van der Waals surface area contributed by atoms with Crippen LogP contribution in [0.4, 0.5) is 0 Å². The fraction of sp³-hybridized carbons (Fsp3) is 0.316. The van der Waals surface area contributed by atoms with Gasteiger partial charge in [-0.3, -0.25) is 4.79 Å². The number of rotatable bonds is 8. The largest absolute Gasteiger partial charge is 0.383 e. The molecular formula is C19H24N2O4S. The zero-order chi connectivity index (χ0) is 19.2. The monoisotopic (exact) mass is 376 g/mol. The molecule has 0 fully saturated rings. The lowest BCUT2D eigenvalue weighted by Crippen LogP contribution is -2.35. The third kappa shape index (κ3) is 5.66. The smallest absolute Gasteiger partial charge is 0.251 e. The van der Waals surface area contributed by atoms with E-state index in [1.54, 1.807) is 6.92 Å². The average Bonchev–Trinajstić information content (AvgIpc) is 2.61. The lowest BCUT2D eigenvalue weighted by molar-refractivity contribution is 0.0951. The second-order valence-corrected chi connectivity index (χ2v) is 7.88. The van der Waals surface area contributed by atoms with E-state index in [9.17, 15) is 13.2 Å². The van der Waals surface area contributed by atoms with Gasteiger partial charge in [-0.1, -0.05) is 29.8 Å². The second kappa shape index (κ2) is 8.93. The number of aryl methyl sites for hydroxylation is 1. The molecule has 7 heteroatoms. The molecule has 0 unspecified atom stereocenters. The van der Waals surface area contributed by atoms with Crippen molar-refractivity contribution in [3.05, 3.63) is 65.2 Å². The molecular weight excluding hydrogens is 352 g/mol. The molecule has 0 spiro atoms. The Morgan fingerprint density at radius 1 is 1.08 bits per heavy atom. The summed E-state index contributed by atoms with van der Waals surface area (Å²) in [7, 11) is -2.14. The minimum atomic E-state index is -3.65. The molecule has 0 aromatic heterocycles. The van der Waals surface area contributed by atoms with E-state index in [2.05, 4.69) is 10.0 Å². The van der Waals surface area contributed by atoms with Crippen LogP contribution < -0.4 is 10.0 Å². The van der Waals surface area contributed by atoms with Crippen LogP contribution in [0.2, 0.25) is 0 Å². The Morgan fingerprint density at radius 2 is 1.69 bits per heavy atom. The molecule has 2 N–H and O–H groups in total. The lowest BCUT2D eigenvalue weighted by atomic mass is 10.1. The highest BCUT2D eigenvalue weighted by molar-refractivity contribution is 7.89. The molecule has 2 rings (SSSR count). The Kier molecular flexibility index (Phi) is 6.90. The van der Waals surface area contributed by atoms with Crippen LogP contribution in [0.25, 0.3) is 0 Å². The van der Waals surface area contributed by atoms with Crippen molar-refractivity contribution in [2.75, 3.05) is 13.7 Å². The molecule has 0 saturated carbocycles. The van der Waals surface area contributed by atoms with E-state index in [4.69, 9.17) is 4.74 Å². The van der Waals surface area contributed by atoms with Crippen LogP contribution in [0.5, 0.6) is 0 Å². The van der Waals surface area contributed by atoms with Crippen molar-refractivity contribution < 1.29 is 17.9 Å². The summed E-state index contributed by atoms with van der Waals surface area (Å²) in [4.78, 5) is 12.3. The number of methoxy groups -OCH3 is 1. The fourth-order valence-electron chi connectivity index (χ4n) is 2.39. The van der Waals surface area contributed by atoms with Gasteiger partial charge in [-0.15, -0.1) is 0 Å². The number of hydrogen-bond donors (Lipinski definition) is 2. The van der Waals surface area contributed by atoms with E-state index in [0.717, 1.165) is 11.1 Å². The molecule has 0 aliphatic rings. The maximum Gasteiger partial charge on any atom is 0.251 e. The lowest BCUT2D eigenvalue weighted by Gasteiger charge is -2.13. The van der Waals surface area contributed by atoms with Gasteiger partial charge in [0.15, 0.2) is 0 Å². The molecule has 0 aliphatic carbocycles. The van der Waals surface area contributed by atoms with Crippen LogP contribution in [0.1, 0.15) is 28.4 Å². The molecule has 0 radical (unpaired) electrons. The van der Waals surface area contributed by atoms with Crippen LogP contribution >= 0.6 is 0 Å². The highest BCUT2D eigenvalue weighted by Crippen LogP contribution is 2.12. The van der Waals surface area contributed by atoms with Gasteiger partial charge in [0.2, 0.25) is 10.0 Å². The number of ether oxygens (including phenoxy) is 1. The Morgan fingerprint density at radius 3 is 2.27 bits per heavy atom. The first-order valence-corrected chi connectivity index (χ1v) is 9.75. The van der Waals surface area contributed by atoms with E-state index >= 15 is 0 Å². The van der Waals surface area contributed by atoms with Crippen molar-refractivity contribution in [1.82, 2.24) is 10.0 Å². The third-order valence-corrected chi connectivity index (χ3v) is 5.38. The molecule has 0 aliphatic heterocycles. The topological polar surface area (TPSA) is 84.5 Å². The van der Waals surface area contributed by atoms with Gasteiger partial charge in [0.25, 0.3) is 5.91 Å². The molecule has 2 aromatic rings. The number of carbonyl (C=O) groups is 1. The molecule has 26 heavy (non-hydrogen) atoms. The van der Waals surface area contributed by atoms with Crippen LogP contribution in [-0.2, 0) is 21.3 Å². The van der Waals surface area contributed by atoms with Crippen LogP contribution in [0.3, 0.4) is 0 Å². The second-order valence-electron chi connectivity index (χ2n) is 6.17. The van der Waals surface area contributed by atoms with E-state index < -0.39 is 10.0 Å². The minimum Gasteiger partial charge on any atom is -0.383 e. The van der Waals surface area contributed by atoms with E-state index in [0.29, 0.717) is 12.1 Å². The third-order valence-electron chi connectivity index (χ3n) is 3.77. The predicted molar refractivity (Wildman–Crippen MR) is 100 cm³/mol. The summed E-state index contributed by atoms with van der Waals surface area (Å²) in [5.74, 6) is -0.254. The first kappa shape index (κ1) is 20.1. The molecule has 0 saturated heterocycles. The van der Waals surface area contributed by atoms with E-state index in [1.165, 1.54) is 31.4 Å². The first-order chi connectivity index (χ1) is 12.3. The molecule has 2 aromatic carbocycles. The maximum atomic E-state index is 12.3. The Balaban J connectivity index is 1.99. The fourth-order valence-corrected chi connectivity index (χ4v) is 3.62. The number of benzene rings is 2. The van der Waals surface area contributed by atoms with Gasteiger partial charge in [-0.05, 0) is 43.7 Å². The average molecular weight is 376 g/mol. The summed E-state index contributed by atoms with van der Waals surface area (Å²) in [6, 6.07) is 13.4. The van der Waals surface area contributed by atoms with Crippen LogP contribution in [0, 0.1) is 6.92 Å². The highest BCUT2D eigenvalue weighted by atomic mass is 32.2.